The summed E-state index contributed by atoms with van der Waals surface area (Å²) in [4.78, 5) is 19.5. The number of aliphatic hydroxyl groups excluding tert-OH is 1. The van der Waals surface area contributed by atoms with Crippen LogP contribution in [0.1, 0.15) is 72.8 Å². The van der Waals surface area contributed by atoms with Crippen LogP contribution in [0.5, 0.6) is 5.75 Å². The number of carbonyl (C=O) groups excluding carboxylic acids is 1. The lowest BCUT2D eigenvalue weighted by Gasteiger charge is -2.25. The SMILES string of the molecule is C=C(O)/C(CCCN(Cc1ccc(OC(F)(F)F)cc1)C(=O)C1=CCC=C(C(F)(F)F)C=C1C)=C(/C)N=C(C)CC.CC. The smallest absolute Gasteiger partial charge is 0.508 e. The average Bonchev–Trinajstić information content (AvgIpc) is 3.12. The average molecular weight is 615 g/mol. The highest BCUT2D eigenvalue weighted by atomic mass is 19.4. The maximum Gasteiger partial charge on any atom is 0.573 e. The molecule has 0 radical (unpaired) electrons. The zero-order valence-corrected chi connectivity index (χ0v) is 25.4. The molecule has 2 rings (SSSR count). The highest BCUT2D eigenvalue weighted by Gasteiger charge is 2.33. The van der Waals surface area contributed by atoms with Crippen LogP contribution in [0.15, 0.2) is 87.8 Å². The van der Waals surface area contributed by atoms with E-state index in [1.165, 1.54) is 30.0 Å². The second-order valence-corrected chi connectivity index (χ2v) is 9.57. The molecule has 1 N–H and O–H groups in total. The van der Waals surface area contributed by atoms with Gasteiger partial charge in [0.25, 0.3) is 5.91 Å². The normalized spacial score (nSPS) is 14.7. The molecule has 1 amide bonds. The Kier molecular flexibility index (Phi) is 14.5. The summed E-state index contributed by atoms with van der Waals surface area (Å²) in [5, 5.41) is 10.1. The second kappa shape index (κ2) is 16.8. The van der Waals surface area contributed by atoms with E-state index < -0.39 is 29.8 Å². The number of ether oxygens (including phenoxy) is 1. The summed E-state index contributed by atoms with van der Waals surface area (Å²) in [5.41, 5.74) is 1.80. The molecule has 1 aromatic rings. The van der Waals surface area contributed by atoms with Gasteiger partial charge < -0.3 is 14.7 Å². The van der Waals surface area contributed by atoms with E-state index in [-0.39, 0.29) is 36.4 Å². The lowest BCUT2D eigenvalue weighted by molar-refractivity contribution is -0.274. The minimum absolute atomic E-state index is 0.0273. The molecule has 0 saturated heterocycles. The lowest BCUT2D eigenvalue weighted by atomic mass is 10.0. The van der Waals surface area contributed by atoms with Crippen molar-refractivity contribution in [3.05, 3.63) is 88.4 Å². The van der Waals surface area contributed by atoms with Gasteiger partial charge in [-0.15, -0.1) is 13.2 Å². The zero-order valence-electron chi connectivity index (χ0n) is 25.4. The molecule has 0 heterocycles. The lowest BCUT2D eigenvalue weighted by Crippen LogP contribution is -2.33. The van der Waals surface area contributed by atoms with Gasteiger partial charge in [-0.25, -0.2) is 0 Å². The Morgan fingerprint density at radius 3 is 2.19 bits per heavy atom. The largest absolute Gasteiger partial charge is 0.573 e. The molecule has 0 aromatic heterocycles. The van der Waals surface area contributed by atoms with Gasteiger partial charge in [-0.1, -0.05) is 51.6 Å². The zero-order chi connectivity index (χ0) is 33.0. The van der Waals surface area contributed by atoms with Crippen LogP contribution in [-0.4, -0.2) is 40.7 Å². The predicted molar refractivity (Wildman–Crippen MR) is 158 cm³/mol. The molecule has 5 nitrogen and oxygen atoms in total. The second-order valence-electron chi connectivity index (χ2n) is 9.57. The number of hydrogen-bond acceptors (Lipinski definition) is 4. The summed E-state index contributed by atoms with van der Waals surface area (Å²) in [7, 11) is 0. The summed E-state index contributed by atoms with van der Waals surface area (Å²) in [6.45, 7) is 14.7. The fraction of sp³-hybridized carbons (Fsp3) is 0.438. The van der Waals surface area contributed by atoms with E-state index in [2.05, 4.69) is 16.3 Å². The van der Waals surface area contributed by atoms with Crippen molar-refractivity contribution in [3.63, 3.8) is 0 Å². The third kappa shape index (κ3) is 12.6. The van der Waals surface area contributed by atoms with Gasteiger partial charge in [-0.05, 0) is 75.8 Å². The number of hydrogen-bond donors (Lipinski definition) is 1. The minimum Gasteiger partial charge on any atom is -0.508 e. The molecule has 1 aromatic carbocycles. The Morgan fingerprint density at radius 1 is 1.07 bits per heavy atom. The number of benzene rings is 1. The number of aliphatic hydroxyl groups is 1. The van der Waals surface area contributed by atoms with Gasteiger partial charge >= 0.3 is 12.5 Å². The predicted octanol–water partition coefficient (Wildman–Crippen LogP) is 9.70. The van der Waals surface area contributed by atoms with Crippen LogP contribution in [0.4, 0.5) is 26.3 Å². The van der Waals surface area contributed by atoms with E-state index in [9.17, 15) is 36.2 Å². The number of alkyl halides is 6. The Balaban J connectivity index is 0.00000452. The Hall–Kier alpha value is -3.76. The van der Waals surface area contributed by atoms with Crippen LogP contribution in [0.3, 0.4) is 0 Å². The third-order valence-corrected chi connectivity index (χ3v) is 6.34. The highest BCUT2D eigenvalue weighted by Crippen LogP contribution is 2.32. The van der Waals surface area contributed by atoms with E-state index in [1.54, 1.807) is 6.92 Å². The molecule has 0 saturated carbocycles. The maximum atomic E-state index is 13.6. The van der Waals surface area contributed by atoms with Gasteiger partial charge in [-0.3, -0.25) is 9.79 Å². The Labute approximate surface area is 249 Å². The van der Waals surface area contributed by atoms with Crippen molar-refractivity contribution < 1.29 is 41.0 Å². The molecule has 0 bridgehead atoms. The highest BCUT2D eigenvalue weighted by molar-refractivity contribution is 5.98. The monoisotopic (exact) mass is 614 g/mol. The standard InChI is InChI=1S/C30H34F6N2O3.C2H6/c1-6-20(3)37-21(4)27(22(5)39)11-8-16-38(18-23-12-14-25(15-13-23)41-30(34,35)36)28(40)26-10-7-9-24(17-19(26)2)29(31,32)33;1-2/h9-10,12-15,17,39H,5-8,11,16,18H2,1-4H3;1-2H3/b27-21-,37-20?;. The molecule has 0 atom stereocenters. The first-order valence-corrected chi connectivity index (χ1v) is 13.9. The molecule has 0 fully saturated rings. The van der Waals surface area contributed by atoms with E-state index in [0.717, 1.165) is 30.0 Å². The van der Waals surface area contributed by atoms with Crippen molar-refractivity contribution in [1.82, 2.24) is 4.90 Å². The fourth-order valence-corrected chi connectivity index (χ4v) is 4.14. The molecule has 11 heteroatoms. The van der Waals surface area contributed by atoms with Crippen molar-refractivity contribution in [1.29, 1.82) is 0 Å². The van der Waals surface area contributed by atoms with Gasteiger partial charge in [0.05, 0.1) is 5.57 Å². The van der Waals surface area contributed by atoms with Gasteiger partial charge in [-0.2, -0.15) is 13.2 Å². The van der Waals surface area contributed by atoms with Crippen molar-refractivity contribution in [2.75, 3.05) is 6.54 Å². The first-order chi connectivity index (χ1) is 20.0. The molecule has 0 spiro atoms. The fourth-order valence-electron chi connectivity index (χ4n) is 4.14. The van der Waals surface area contributed by atoms with E-state index >= 15 is 0 Å². The maximum absolute atomic E-state index is 13.6. The number of amides is 1. The topological polar surface area (TPSA) is 62.1 Å². The van der Waals surface area contributed by atoms with Gasteiger partial charge in [0.1, 0.15) is 11.5 Å². The van der Waals surface area contributed by atoms with Crippen LogP contribution in [0.25, 0.3) is 0 Å². The molecule has 1 aliphatic rings. The number of aliphatic imine (C=N–C) groups is 1. The van der Waals surface area contributed by atoms with E-state index in [1.807, 2.05) is 27.7 Å². The number of nitrogens with zero attached hydrogens (tertiary/aromatic N) is 2. The third-order valence-electron chi connectivity index (χ3n) is 6.34. The van der Waals surface area contributed by atoms with E-state index in [4.69, 9.17) is 0 Å². The Morgan fingerprint density at radius 2 is 1.67 bits per heavy atom. The number of allylic oxidation sites excluding steroid dienone is 6. The first kappa shape index (κ1) is 37.3. The molecule has 1 aliphatic carbocycles. The van der Waals surface area contributed by atoms with Crippen LogP contribution in [0.2, 0.25) is 0 Å². The number of halogens is 6. The van der Waals surface area contributed by atoms with Gasteiger partial charge in [0.15, 0.2) is 0 Å². The Bertz CT molecular complexity index is 1270. The van der Waals surface area contributed by atoms with Gasteiger partial charge in [0, 0.05) is 35.6 Å². The summed E-state index contributed by atoms with van der Waals surface area (Å²) in [6, 6.07) is 4.99. The molecule has 43 heavy (non-hydrogen) atoms. The summed E-state index contributed by atoms with van der Waals surface area (Å²) < 4.78 is 81.5. The quantitative estimate of drug-likeness (QED) is 0.117. The van der Waals surface area contributed by atoms with Crippen LogP contribution in [0, 0.1) is 0 Å². The van der Waals surface area contributed by atoms with Crippen LogP contribution < -0.4 is 4.74 Å². The summed E-state index contributed by atoms with van der Waals surface area (Å²) >= 11 is 0. The van der Waals surface area contributed by atoms with Crippen molar-refractivity contribution in [2.45, 2.75) is 86.3 Å². The summed E-state index contributed by atoms with van der Waals surface area (Å²) in [5.74, 6) is -1.12. The summed E-state index contributed by atoms with van der Waals surface area (Å²) in [6.07, 6.45) is -4.83. The van der Waals surface area contributed by atoms with Crippen LogP contribution >= 0.6 is 0 Å². The van der Waals surface area contributed by atoms with Crippen molar-refractivity contribution >= 4 is 11.6 Å². The molecule has 0 unspecified atom stereocenters. The molecule has 238 valence electrons. The van der Waals surface area contributed by atoms with E-state index in [0.29, 0.717) is 36.1 Å². The number of rotatable bonds is 11. The van der Waals surface area contributed by atoms with Crippen LogP contribution in [-0.2, 0) is 11.3 Å². The van der Waals surface area contributed by atoms with Gasteiger partial charge in [0.2, 0.25) is 0 Å². The molecule has 0 aliphatic heterocycles. The van der Waals surface area contributed by atoms with Crippen molar-refractivity contribution in [2.24, 2.45) is 4.99 Å². The van der Waals surface area contributed by atoms with Crippen molar-refractivity contribution in [3.8, 4) is 5.75 Å². The number of carbonyl (C=O) groups is 1. The molecular formula is C32H40F6N2O3. The minimum atomic E-state index is -4.86. The molecular weight excluding hydrogens is 574 g/mol. The first-order valence-electron chi connectivity index (χ1n) is 13.9.